The van der Waals surface area contributed by atoms with Gasteiger partial charge in [-0.2, -0.15) is 13.2 Å². The summed E-state index contributed by atoms with van der Waals surface area (Å²) in [5.74, 6) is -0.250. The minimum Gasteiger partial charge on any atom is -0.329 e. The topological polar surface area (TPSA) is 118 Å². The smallest absolute Gasteiger partial charge is 0.329 e. The van der Waals surface area contributed by atoms with E-state index in [0.29, 0.717) is 17.2 Å². The maximum absolute atomic E-state index is 14.2. The third-order valence-corrected chi connectivity index (χ3v) is 9.30. The van der Waals surface area contributed by atoms with E-state index in [9.17, 15) is 31.2 Å². The molecule has 1 aliphatic heterocycles. The number of likely N-dealkylation sites (tertiary alicyclic amines) is 1. The quantitative estimate of drug-likeness (QED) is 0.431. The van der Waals surface area contributed by atoms with Crippen LogP contribution in [0.2, 0.25) is 10.0 Å². The van der Waals surface area contributed by atoms with Crippen molar-refractivity contribution in [2.75, 3.05) is 18.8 Å². The molecule has 0 saturated carbocycles. The highest BCUT2D eigenvalue weighted by Gasteiger charge is 2.37. The second kappa shape index (κ2) is 10.6. The number of halogens is 5. The number of fused-ring (bicyclic) bond motifs is 1. The number of hydrogen-bond donors (Lipinski definition) is 2. The highest BCUT2D eigenvalue weighted by Crippen LogP contribution is 2.39. The maximum atomic E-state index is 14.2. The van der Waals surface area contributed by atoms with Crippen molar-refractivity contribution < 1.29 is 21.6 Å². The Kier molecular flexibility index (Phi) is 8.02. The lowest BCUT2D eigenvalue weighted by molar-refractivity contribution is -0.138. The lowest BCUT2D eigenvalue weighted by Crippen LogP contribution is -2.37. The number of nitrogens with two attached hydrogens (primary N) is 1. The molecule has 1 aromatic heterocycles. The first-order chi connectivity index (χ1) is 17.8. The Labute approximate surface area is 226 Å². The summed E-state index contributed by atoms with van der Waals surface area (Å²) in [4.78, 5) is 30.4. The molecule has 1 aliphatic rings. The van der Waals surface area contributed by atoms with E-state index in [1.54, 1.807) is 4.90 Å². The zero-order valence-electron chi connectivity index (χ0n) is 20.2. The van der Waals surface area contributed by atoms with Gasteiger partial charge in [-0.05, 0) is 54.8 Å². The first-order valence-corrected chi connectivity index (χ1v) is 14.2. The first kappa shape index (κ1) is 28.6. The summed E-state index contributed by atoms with van der Waals surface area (Å²) in [7, 11) is -3.76. The van der Waals surface area contributed by atoms with Gasteiger partial charge in [0.25, 0.3) is 5.56 Å². The van der Waals surface area contributed by atoms with Gasteiger partial charge in [0.2, 0.25) is 0 Å². The van der Waals surface area contributed by atoms with Crippen molar-refractivity contribution in [2.24, 2.45) is 5.73 Å². The summed E-state index contributed by atoms with van der Waals surface area (Å²) in [6.07, 6.45) is -3.33. The van der Waals surface area contributed by atoms with E-state index in [-0.39, 0.29) is 56.5 Å². The van der Waals surface area contributed by atoms with Crippen molar-refractivity contribution in [1.82, 2.24) is 14.5 Å². The van der Waals surface area contributed by atoms with E-state index in [0.717, 1.165) is 12.8 Å². The van der Waals surface area contributed by atoms with Gasteiger partial charge in [0.1, 0.15) is 0 Å². The number of aromatic nitrogens is 2. The molecular formula is C24H25Cl2F3N4O4S. The van der Waals surface area contributed by atoms with Crippen LogP contribution in [0.25, 0.3) is 10.9 Å². The predicted octanol–water partition coefficient (Wildman–Crippen LogP) is 3.78. The summed E-state index contributed by atoms with van der Waals surface area (Å²) in [5, 5.41) is -0.676. The standard InChI is InChI=1S/C24H25Cl2F3N4O4S/c1-2-38(36,37)19-6-5-14(25)8-13(19)11-33-22(34)16-9-18(24(27,28)29)17(20(26)21(16)31-23(33)35)12-32-7-3-4-15(32)10-30/h5-6,8-9,15H,2-4,7,10-12,30H2,1H3,(H,31,35)/t15-/m0/s1. The van der Waals surface area contributed by atoms with Crippen molar-refractivity contribution in [2.45, 2.75) is 50.0 Å². The van der Waals surface area contributed by atoms with Gasteiger partial charge in [-0.25, -0.2) is 13.2 Å². The first-order valence-electron chi connectivity index (χ1n) is 11.8. The molecule has 0 spiro atoms. The van der Waals surface area contributed by atoms with E-state index >= 15 is 0 Å². The van der Waals surface area contributed by atoms with Crippen molar-refractivity contribution in [3.8, 4) is 0 Å². The van der Waals surface area contributed by atoms with Gasteiger partial charge in [0.05, 0.1) is 38.7 Å². The van der Waals surface area contributed by atoms with Crippen LogP contribution in [0.3, 0.4) is 0 Å². The van der Waals surface area contributed by atoms with Crippen LogP contribution < -0.4 is 17.0 Å². The van der Waals surface area contributed by atoms with E-state index in [2.05, 4.69) is 4.98 Å². The molecule has 0 unspecified atom stereocenters. The zero-order valence-corrected chi connectivity index (χ0v) is 22.6. The van der Waals surface area contributed by atoms with Crippen molar-refractivity contribution >= 4 is 43.9 Å². The molecule has 4 rings (SSSR count). The molecule has 0 aliphatic carbocycles. The average molecular weight is 593 g/mol. The van der Waals surface area contributed by atoms with Crippen LogP contribution in [-0.2, 0) is 29.1 Å². The number of nitrogens with one attached hydrogen (secondary N) is 1. The molecule has 2 heterocycles. The largest absolute Gasteiger partial charge is 0.416 e. The minimum atomic E-state index is -4.84. The van der Waals surface area contributed by atoms with Crippen molar-refractivity contribution in [3.05, 3.63) is 71.8 Å². The number of H-pyrrole nitrogens is 1. The van der Waals surface area contributed by atoms with Crippen LogP contribution in [0.15, 0.2) is 38.8 Å². The Morgan fingerprint density at radius 3 is 2.50 bits per heavy atom. The third-order valence-electron chi connectivity index (χ3n) is 6.82. The summed E-state index contributed by atoms with van der Waals surface area (Å²) < 4.78 is 68.3. The van der Waals surface area contributed by atoms with Crippen molar-refractivity contribution in [1.29, 1.82) is 0 Å². The third kappa shape index (κ3) is 5.37. The second-order valence-electron chi connectivity index (χ2n) is 9.12. The summed E-state index contributed by atoms with van der Waals surface area (Å²) in [6, 6.07) is 4.48. The normalized spacial score (nSPS) is 17.0. The molecule has 3 N–H and O–H groups in total. The fourth-order valence-corrected chi connectivity index (χ4v) is 6.43. The molecule has 14 heteroatoms. The number of aromatic amines is 1. The van der Waals surface area contributed by atoms with Crippen LogP contribution in [0.1, 0.15) is 36.5 Å². The van der Waals surface area contributed by atoms with E-state index < -0.39 is 44.8 Å². The van der Waals surface area contributed by atoms with E-state index in [1.165, 1.54) is 25.1 Å². The Morgan fingerprint density at radius 1 is 1.16 bits per heavy atom. The van der Waals surface area contributed by atoms with Gasteiger partial charge in [-0.3, -0.25) is 14.3 Å². The lowest BCUT2D eigenvalue weighted by atomic mass is 10.0. The predicted molar refractivity (Wildman–Crippen MR) is 140 cm³/mol. The Hall–Kier alpha value is -2.38. The van der Waals surface area contributed by atoms with E-state index in [1.807, 2.05) is 0 Å². The van der Waals surface area contributed by atoms with Gasteiger partial charge in [-0.15, -0.1) is 0 Å². The Bertz CT molecular complexity index is 1620. The maximum Gasteiger partial charge on any atom is 0.416 e. The molecule has 1 saturated heterocycles. The molecule has 8 nitrogen and oxygen atoms in total. The number of nitrogens with zero attached hydrogens (tertiary/aromatic N) is 2. The number of rotatable bonds is 7. The zero-order chi connectivity index (χ0) is 28.0. The molecule has 2 aromatic carbocycles. The van der Waals surface area contributed by atoms with Gasteiger partial charge < -0.3 is 10.7 Å². The molecule has 0 amide bonds. The fraction of sp³-hybridized carbons (Fsp3) is 0.417. The Balaban J connectivity index is 1.91. The monoisotopic (exact) mass is 592 g/mol. The van der Waals surface area contributed by atoms with Crippen LogP contribution in [0.4, 0.5) is 13.2 Å². The Morgan fingerprint density at radius 2 is 1.87 bits per heavy atom. The number of hydrogen-bond acceptors (Lipinski definition) is 6. The minimum absolute atomic E-state index is 0.0481. The highest BCUT2D eigenvalue weighted by molar-refractivity contribution is 7.91. The molecule has 0 radical (unpaired) electrons. The summed E-state index contributed by atoms with van der Waals surface area (Å²) >= 11 is 12.5. The van der Waals surface area contributed by atoms with Gasteiger partial charge >= 0.3 is 11.9 Å². The van der Waals surface area contributed by atoms with Crippen molar-refractivity contribution in [3.63, 3.8) is 0 Å². The van der Waals surface area contributed by atoms with Crippen LogP contribution in [0.5, 0.6) is 0 Å². The lowest BCUT2D eigenvalue weighted by Gasteiger charge is -2.26. The molecule has 1 atom stereocenters. The highest BCUT2D eigenvalue weighted by atomic mass is 35.5. The summed E-state index contributed by atoms with van der Waals surface area (Å²) in [5.41, 5.74) is 2.23. The van der Waals surface area contributed by atoms with Crippen LogP contribution >= 0.6 is 23.2 Å². The van der Waals surface area contributed by atoms with E-state index in [4.69, 9.17) is 28.9 Å². The van der Waals surface area contributed by atoms with Gasteiger partial charge in [-0.1, -0.05) is 30.1 Å². The molecule has 206 valence electrons. The molecular weight excluding hydrogens is 568 g/mol. The molecule has 3 aromatic rings. The number of alkyl halides is 3. The number of sulfone groups is 1. The van der Waals surface area contributed by atoms with Gasteiger partial charge in [0.15, 0.2) is 9.84 Å². The SMILES string of the molecule is CCS(=O)(=O)c1ccc(Cl)cc1Cn1c(=O)[nH]c2c(Cl)c(CN3CCC[C@H]3CN)c(C(F)(F)F)cc2c1=O. The van der Waals surface area contributed by atoms with Crippen LogP contribution in [0, 0.1) is 0 Å². The van der Waals surface area contributed by atoms with Gasteiger partial charge in [0, 0.05) is 24.2 Å². The summed E-state index contributed by atoms with van der Waals surface area (Å²) in [6.45, 7) is 1.55. The average Bonchev–Trinajstić information content (AvgIpc) is 3.30. The van der Waals surface area contributed by atoms with Crippen LogP contribution in [-0.4, -0.2) is 47.8 Å². The number of benzene rings is 2. The molecule has 38 heavy (non-hydrogen) atoms. The fourth-order valence-electron chi connectivity index (χ4n) is 4.82. The second-order valence-corrected chi connectivity index (χ2v) is 12.2. The molecule has 0 bridgehead atoms. The molecule has 1 fully saturated rings.